The molecule has 0 spiro atoms. The monoisotopic (exact) mass is 442 g/mol. The summed E-state index contributed by atoms with van der Waals surface area (Å²) in [6.07, 6.45) is 0. The zero-order valence-electron chi connectivity index (χ0n) is 18.2. The fourth-order valence-corrected chi connectivity index (χ4v) is 3.29. The van der Waals surface area contributed by atoms with Gasteiger partial charge < -0.3 is 19.4 Å². The first-order chi connectivity index (χ1) is 15.9. The lowest BCUT2D eigenvalue weighted by Crippen LogP contribution is -2.23. The van der Waals surface area contributed by atoms with Crippen LogP contribution in [0.2, 0.25) is 0 Å². The maximum absolute atomic E-state index is 12.8. The Labute approximate surface area is 190 Å². The topological polar surface area (TPSA) is 100 Å². The number of oxazole rings is 1. The fourth-order valence-electron chi connectivity index (χ4n) is 3.29. The van der Waals surface area contributed by atoms with Gasteiger partial charge in [0.2, 0.25) is 0 Å². The number of nitrogens with one attached hydrogen (secondary N) is 1. The zero-order valence-corrected chi connectivity index (χ0v) is 18.2. The van der Waals surface area contributed by atoms with Crippen LogP contribution in [-0.4, -0.2) is 36.0 Å². The third-order valence-electron chi connectivity index (χ3n) is 5.01. The predicted octanol–water partition coefficient (Wildman–Crippen LogP) is 4.07. The predicted molar refractivity (Wildman–Crippen MR) is 125 cm³/mol. The van der Waals surface area contributed by atoms with Gasteiger partial charge >= 0.3 is 5.76 Å². The Morgan fingerprint density at radius 3 is 2.61 bits per heavy atom. The highest BCUT2D eigenvalue weighted by Crippen LogP contribution is 2.24. The zero-order chi connectivity index (χ0) is 23.4. The van der Waals surface area contributed by atoms with Gasteiger partial charge in [-0.15, -0.1) is 0 Å². The molecule has 166 valence electrons. The molecule has 1 heterocycles. The molecule has 1 aromatic heterocycles. The van der Waals surface area contributed by atoms with Crippen molar-refractivity contribution in [3.63, 3.8) is 0 Å². The molecule has 0 saturated heterocycles. The van der Waals surface area contributed by atoms with E-state index in [0.29, 0.717) is 52.5 Å². The molecule has 0 aliphatic heterocycles. The summed E-state index contributed by atoms with van der Waals surface area (Å²) in [7, 11) is 3.86. The van der Waals surface area contributed by atoms with E-state index in [4.69, 9.17) is 14.4 Å². The molecule has 0 bridgehead atoms. The number of nitriles is 1. The Balaban J connectivity index is 1.52. The minimum absolute atomic E-state index is 0.315. The van der Waals surface area contributed by atoms with E-state index >= 15 is 0 Å². The van der Waals surface area contributed by atoms with E-state index in [9.17, 15) is 9.59 Å². The van der Waals surface area contributed by atoms with Gasteiger partial charge in [-0.05, 0) is 74.8 Å². The summed E-state index contributed by atoms with van der Waals surface area (Å²) in [5.74, 6) is 0.316. The molecule has 0 atom stereocenters. The molecular formula is C25H22N4O4. The first-order valence-corrected chi connectivity index (χ1v) is 10.3. The molecule has 8 heteroatoms. The number of likely N-dealkylation sites (N-methyl/N-ethyl adjacent to an activating group) is 1. The molecule has 0 unspecified atom stereocenters. The summed E-state index contributed by atoms with van der Waals surface area (Å²) in [5.41, 5.74) is 2.59. The van der Waals surface area contributed by atoms with Crippen molar-refractivity contribution in [2.45, 2.75) is 6.54 Å². The van der Waals surface area contributed by atoms with Gasteiger partial charge in [-0.3, -0.25) is 9.36 Å². The number of amides is 1. The van der Waals surface area contributed by atoms with E-state index in [2.05, 4.69) is 11.4 Å². The number of carbonyl (C=O) groups is 1. The van der Waals surface area contributed by atoms with Gasteiger partial charge in [-0.25, -0.2) is 4.79 Å². The maximum Gasteiger partial charge on any atom is 0.419 e. The standard InChI is InChI=1S/C25H22N4O4/c1-28(2)12-13-29-22-15-19(8-11-23(22)33-25(29)31)27-24(30)18-4-3-5-21(14-18)32-20-9-6-17(16-26)7-10-20/h3-11,14-15H,12-13H2,1-2H3,(H,27,30). The van der Waals surface area contributed by atoms with Gasteiger partial charge in [0.25, 0.3) is 5.91 Å². The largest absolute Gasteiger partial charge is 0.457 e. The second kappa shape index (κ2) is 9.42. The number of aromatic nitrogens is 1. The van der Waals surface area contributed by atoms with Gasteiger partial charge in [0.1, 0.15) is 11.5 Å². The SMILES string of the molecule is CN(C)CCn1c(=O)oc2ccc(NC(=O)c3cccc(Oc4ccc(C#N)cc4)c3)cc21. The smallest absolute Gasteiger partial charge is 0.419 e. The Hall–Kier alpha value is -4.35. The van der Waals surface area contributed by atoms with Crippen molar-refractivity contribution in [2.75, 3.05) is 26.0 Å². The number of fused-ring (bicyclic) bond motifs is 1. The van der Waals surface area contributed by atoms with Crippen molar-refractivity contribution in [1.82, 2.24) is 9.47 Å². The summed E-state index contributed by atoms with van der Waals surface area (Å²) in [5, 5.41) is 11.8. The van der Waals surface area contributed by atoms with Crippen LogP contribution < -0.4 is 15.8 Å². The van der Waals surface area contributed by atoms with Crippen molar-refractivity contribution < 1.29 is 13.9 Å². The van der Waals surface area contributed by atoms with E-state index in [-0.39, 0.29) is 5.91 Å². The summed E-state index contributed by atoms with van der Waals surface area (Å²) in [6.45, 7) is 1.15. The highest BCUT2D eigenvalue weighted by atomic mass is 16.5. The van der Waals surface area contributed by atoms with Gasteiger partial charge in [0.05, 0.1) is 17.1 Å². The van der Waals surface area contributed by atoms with Gasteiger partial charge in [0, 0.05) is 24.3 Å². The van der Waals surface area contributed by atoms with Crippen LogP contribution in [0.5, 0.6) is 11.5 Å². The van der Waals surface area contributed by atoms with Crippen LogP contribution in [0.3, 0.4) is 0 Å². The number of ether oxygens (including phenoxy) is 1. The van der Waals surface area contributed by atoms with Crippen molar-refractivity contribution in [3.8, 4) is 17.6 Å². The Morgan fingerprint density at radius 2 is 1.88 bits per heavy atom. The van der Waals surface area contributed by atoms with Crippen LogP contribution in [0.25, 0.3) is 11.1 Å². The second-order valence-electron chi connectivity index (χ2n) is 7.73. The minimum atomic E-state index is -0.428. The number of hydrogen-bond acceptors (Lipinski definition) is 6. The minimum Gasteiger partial charge on any atom is -0.457 e. The number of hydrogen-bond donors (Lipinski definition) is 1. The van der Waals surface area contributed by atoms with Crippen LogP contribution in [0.15, 0.2) is 75.9 Å². The highest BCUT2D eigenvalue weighted by Gasteiger charge is 2.13. The van der Waals surface area contributed by atoms with E-state index < -0.39 is 5.76 Å². The summed E-state index contributed by atoms with van der Waals surface area (Å²) < 4.78 is 12.7. The number of anilines is 1. The number of benzene rings is 3. The lowest BCUT2D eigenvalue weighted by molar-refractivity contribution is 0.102. The second-order valence-corrected chi connectivity index (χ2v) is 7.73. The van der Waals surface area contributed by atoms with Crippen molar-refractivity contribution in [1.29, 1.82) is 5.26 Å². The molecule has 4 rings (SSSR count). The van der Waals surface area contributed by atoms with Gasteiger partial charge in [-0.1, -0.05) is 6.07 Å². The molecular weight excluding hydrogens is 420 g/mol. The van der Waals surface area contributed by atoms with Crippen molar-refractivity contribution >= 4 is 22.7 Å². The normalized spacial score (nSPS) is 10.8. The third kappa shape index (κ3) is 5.11. The summed E-state index contributed by atoms with van der Waals surface area (Å²) in [4.78, 5) is 27.0. The van der Waals surface area contributed by atoms with Crippen LogP contribution >= 0.6 is 0 Å². The molecule has 1 amide bonds. The van der Waals surface area contributed by atoms with E-state index in [1.165, 1.54) is 0 Å². The first-order valence-electron chi connectivity index (χ1n) is 10.3. The third-order valence-corrected chi connectivity index (χ3v) is 5.01. The van der Waals surface area contributed by atoms with Crippen molar-refractivity contribution in [2.24, 2.45) is 0 Å². The Morgan fingerprint density at radius 1 is 1.09 bits per heavy atom. The number of rotatable bonds is 7. The summed E-state index contributed by atoms with van der Waals surface area (Å²) in [6, 6.07) is 20.7. The van der Waals surface area contributed by atoms with Gasteiger partial charge in [0.15, 0.2) is 5.58 Å². The molecule has 0 fully saturated rings. The van der Waals surface area contributed by atoms with E-state index in [0.717, 1.165) is 0 Å². The molecule has 1 N–H and O–H groups in total. The van der Waals surface area contributed by atoms with Crippen LogP contribution in [0, 0.1) is 11.3 Å². The Kier molecular flexibility index (Phi) is 6.24. The average molecular weight is 442 g/mol. The van der Waals surface area contributed by atoms with E-state index in [1.807, 2.05) is 19.0 Å². The molecule has 0 aliphatic carbocycles. The number of carbonyl (C=O) groups excluding carboxylic acids is 1. The van der Waals surface area contributed by atoms with Crippen LogP contribution in [-0.2, 0) is 6.54 Å². The lowest BCUT2D eigenvalue weighted by atomic mass is 10.2. The average Bonchev–Trinajstić information content (AvgIpc) is 3.12. The molecule has 4 aromatic rings. The molecule has 33 heavy (non-hydrogen) atoms. The fraction of sp³-hybridized carbons (Fsp3) is 0.160. The molecule has 0 radical (unpaired) electrons. The lowest BCUT2D eigenvalue weighted by Gasteiger charge is -2.10. The highest BCUT2D eigenvalue weighted by molar-refractivity contribution is 6.05. The molecule has 3 aromatic carbocycles. The van der Waals surface area contributed by atoms with E-state index in [1.54, 1.807) is 71.3 Å². The molecule has 0 saturated carbocycles. The quantitative estimate of drug-likeness (QED) is 0.463. The molecule has 0 aliphatic rings. The van der Waals surface area contributed by atoms with Gasteiger partial charge in [-0.2, -0.15) is 5.26 Å². The number of nitrogens with zero attached hydrogens (tertiary/aromatic N) is 3. The summed E-state index contributed by atoms with van der Waals surface area (Å²) >= 11 is 0. The molecule has 8 nitrogen and oxygen atoms in total. The maximum atomic E-state index is 12.8. The van der Waals surface area contributed by atoms with Crippen LogP contribution in [0.4, 0.5) is 5.69 Å². The first kappa shape index (κ1) is 21.9. The van der Waals surface area contributed by atoms with Crippen LogP contribution in [0.1, 0.15) is 15.9 Å². The van der Waals surface area contributed by atoms with Crippen molar-refractivity contribution in [3.05, 3.63) is 88.4 Å². The Bertz CT molecular complexity index is 1390.